The summed E-state index contributed by atoms with van der Waals surface area (Å²) in [6.45, 7) is 4.17. The van der Waals surface area contributed by atoms with E-state index in [2.05, 4.69) is 23.4 Å². The van der Waals surface area contributed by atoms with E-state index in [0.29, 0.717) is 5.02 Å². The first-order valence-corrected chi connectivity index (χ1v) is 7.16. The maximum absolute atomic E-state index is 6.13. The molecule has 0 unspecified atom stereocenters. The van der Waals surface area contributed by atoms with Crippen LogP contribution in [0.3, 0.4) is 0 Å². The van der Waals surface area contributed by atoms with Gasteiger partial charge in [0.15, 0.2) is 0 Å². The summed E-state index contributed by atoms with van der Waals surface area (Å²) in [4.78, 5) is 5.92. The summed E-state index contributed by atoms with van der Waals surface area (Å²) < 4.78 is 2.07. The maximum atomic E-state index is 6.13. The van der Waals surface area contributed by atoms with Crippen molar-refractivity contribution in [3.63, 3.8) is 0 Å². The fourth-order valence-corrected chi connectivity index (χ4v) is 3.43. The van der Waals surface area contributed by atoms with Crippen molar-refractivity contribution in [1.82, 2.24) is 9.55 Å². The number of imidazole rings is 1. The Morgan fingerprint density at radius 2 is 2.05 bits per heavy atom. The number of hydrogen-bond donors (Lipinski definition) is 1. The number of aryl methyl sites for hydroxylation is 2. The zero-order chi connectivity index (χ0) is 13.7. The van der Waals surface area contributed by atoms with Crippen LogP contribution in [-0.4, -0.2) is 9.55 Å². The molecule has 0 radical (unpaired) electrons. The molecule has 0 saturated heterocycles. The number of fused-ring (bicyclic) bond motifs is 1. The lowest BCUT2D eigenvalue weighted by molar-refractivity contribution is 0.959. The monoisotopic (exact) mass is 291 g/mol. The summed E-state index contributed by atoms with van der Waals surface area (Å²) in [6, 6.07) is 5.74. The van der Waals surface area contributed by atoms with Gasteiger partial charge in [0.05, 0.1) is 21.6 Å². The number of aromatic nitrogens is 2. The van der Waals surface area contributed by atoms with E-state index in [9.17, 15) is 0 Å². The molecule has 0 atom stereocenters. The van der Waals surface area contributed by atoms with Gasteiger partial charge in [0.2, 0.25) is 0 Å². The van der Waals surface area contributed by atoms with Gasteiger partial charge in [-0.05, 0) is 37.6 Å². The molecule has 0 aliphatic carbocycles. The number of anilines is 1. The SMILES string of the molecule is Cc1sc(N)c(-c2nc3cc(Cl)ccc3n2C)c1C. The molecule has 3 nitrogen and oxygen atoms in total. The van der Waals surface area contributed by atoms with Crippen LogP contribution in [-0.2, 0) is 7.05 Å². The lowest BCUT2D eigenvalue weighted by Crippen LogP contribution is -1.95. The topological polar surface area (TPSA) is 43.8 Å². The third-order valence-electron chi connectivity index (χ3n) is 3.48. The average Bonchev–Trinajstić information content (AvgIpc) is 2.78. The number of halogens is 1. The first kappa shape index (κ1) is 12.5. The molecule has 0 aliphatic heterocycles. The molecule has 0 spiro atoms. The lowest BCUT2D eigenvalue weighted by atomic mass is 10.1. The highest BCUT2D eigenvalue weighted by Crippen LogP contribution is 2.38. The van der Waals surface area contributed by atoms with E-state index >= 15 is 0 Å². The minimum absolute atomic E-state index is 0.698. The van der Waals surface area contributed by atoms with Crippen LogP contribution >= 0.6 is 22.9 Å². The number of nitrogens with two attached hydrogens (primary N) is 1. The molecule has 0 aliphatic rings. The fraction of sp³-hybridized carbons (Fsp3) is 0.214. The van der Waals surface area contributed by atoms with Gasteiger partial charge in [-0.1, -0.05) is 11.6 Å². The van der Waals surface area contributed by atoms with Crippen molar-refractivity contribution in [2.75, 3.05) is 5.73 Å². The van der Waals surface area contributed by atoms with E-state index in [4.69, 9.17) is 17.3 Å². The van der Waals surface area contributed by atoms with E-state index in [1.165, 1.54) is 10.4 Å². The second-order valence-electron chi connectivity index (χ2n) is 4.65. The van der Waals surface area contributed by atoms with Crippen LogP contribution in [0.25, 0.3) is 22.4 Å². The molecule has 0 saturated carbocycles. The number of rotatable bonds is 1. The number of hydrogen-bond acceptors (Lipinski definition) is 3. The second kappa shape index (κ2) is 4.25. The van der Waals surface area contributed by atoms with Gasteiger partial charge < -0.3 is 10.3 Å². The Labute approximate surface area is 120 Å². The normalized spacial score (nSPS) is 11.4. The summed E-state index contributed by atoms with van der Waals surface area (Å²) in [5.74, 6) is 0.900. The summed E-state index contributed by atoms with van der Waals surface area (Å²) in [6.07, 6.45) is 0. The van der Waals surface area contributed by atoms with Crippen LogP contribution in [0.5, 0.6) is 0 Å². The first-order valence-electron chi connectivity index (χ1n) is 5.97. The Kier molecular flexibility index (Phi) is 2.80. The Morgan fingerprint density at radius 3 is 2.68 bits per heavy atom. The predicted molar refractivity (Wildman–Crippen MR) is 82.9 cm³/mol. The van der Waals surface area contributed by atoms with E-state index in [1.54, 1.807) is 11.3 Å². The number of nitrogens with zero attached hydrogens (tertiary/aromatic N) is 2. The zero-order valence-corrected chi connectivity index (χ0v) is 12.6. The van der Waals surface area contributed by atoms with Crippen molar-refractivity contribution in [3.05, 3.63) is 33.7 Å². The highest BCUT2D eigenvalue weighted by molar-refractivity contribution is 7.16. The van der Waals surface area contributed by atoms with E-state index in [1.807, 2.05) is 25.2 Å². The van der Waals surface area contributed by atoms with Crippen molar-refractivity contribution >= 4 is 39.0 Å². The summed E-state index contributed by atoms with van der Waals surface area (Å²) in [5, 5.41) is 1.52. The van der Waals surface area contributed by atoms with Gasteiger partial charge >= 0.3 is 0 Å². The predicted octanol–water partition coefficient (Wildman–Crippen LogP) is 4.15. The van der Waals surface area contributed by atoms with Crippen molar-refractivity contribution in [3.8, 4) is 11.4 Å². The van der Waals surface area contributed by atoms with Crippen LogP contribution in [0.2, 0.25) is 5.02 Å². The zero-order valence-electron chi connectivity index (χ0n) is 11.0. The minimum Gasteiger partial charge on any atom is -0.390 e. The van der Waals surface area contributed by atoms with E-state index in [0.717, 1.165) is 27.4 Å². The molecular formula is C14H14ClN3S. The first-order chi connectivity index (χ1) is 8.99. The van der Waals surface area contributed by atoms with Gasteiger partial charge in [-0.25, -0.2) is 4.98 Å². The number of nitrogen functional groups attached to an aromatic ring is 1. The molecule has 2 heterocycles. The fourth-order valence-electron chi connectivity index (χ4n) is 2.33. The molecule has 5 heteroatoms. The van der Waals surface area contributed by atoms with Crippen molar-refractivity contribution < 1.29 is 0 Å². The third kappa shape index (κ3) is 1.83. The van der Waals surface area contributed by atoms with Crippen LogP contribution < -0.4 is 5.73 Å². The summed E-state index contributed by atoms with van der Waals surface area (Å²) in [5.41, 5.74) is 10.3. The maximum Gasteiger partial charge on any atom is 0.144 e. The second-order valence-corrected chi connectivity index (χ2v) is 6.34. The quantitative estimate of drug-likeness (QED) is 0.732. The Morgan fingerprint density at radius 1 is 1.32 bits per heavy atom. The molecule has 0 fully saturated rings. The Balaban J connectivity index is 2.34. The molecule has 1 aromatic carbocycles. The van der Waals surface area contributed by atoms with Gasteiger partial charge in [-0.3, -0.25) is 0 Å². The molecular weight excluding hydrogens is 278 g/mol. The van der Waals surface area contributed by atoms with Crippen LogP contribution in [0.4, 0.5) is 5.00 Å². The highest BCUT2D eigenvalue weighted by Gasteiger charge is 2.18. The van der Waals surface area contributed by atoms with Crippen molar-refractivity contribution in [2.45, 2.75) is 13.8 Å². The molecule has 19 heavy (non-hydrogen) atoms. The van der Waals surface area contributed by atoms with Gasteiger partial charge in [-0.15, -0.1) is 11.3 Å². The van der Waals surface area contributed by atoms with Gasteiger partial charge in [0.1, 0.15) is 5.82 Å². The van der Waals surface area contributed by atoms with Crippen molar-refractivity contribution in [1.29, 1.82) is 0 Å². The molecule has 2 aromatic heterocycles. The number of thiophene rings is 1. The Hall–Kier alpha value is -1.52. The molecule has 3 rings (SSSR count). The molecule has 0 bridgehead atoms. The smallest absolute Gasteiger partial charge is 0.144 e. The highest BCUT2D eigenvalue weighted by atomic mass is 35.5. The van der Waals surface area contributed by atoms with Crippen LogP contribution in [0, 0.1) is 13.8 Å². The largest absolute Gasteiger partial charge is 0.390 e. The minimum atomic E-state index is 0.698. The van der Waals surface area contributed by atoms with Gasteiger partial charge in [-0.2, -0.15) is 0 Å². The van der Waals surface area contributed by atoms with E-state index < -0.39 is 0 Å². The number of benzene rings is 1. The van der Waals surface area contributed by atoms with E-state index in [-0.39, 0.29) is 0 Å². The van der Waals surface area contributed by atoms with Crippen LogP contribution in [0.15, 0.2) is 18.2 Å². The molecule has 2 N–H and O–H groups in total. The average molecular weight is 292 g/mol. The summed E-state index contributed by atoms with van der Waals surface area (Å²) in [7, 11) is 2.00. The van der Waals surface area contributed by atoms with Crippen LogP contribution in [0.1, 0.15) is 10.4 Å². The van der Waals surface area contributed by atoms with Crippen molar-refractivity contribution in [2.24, 2.45) is 7.05 Å². The lowest BCUT2D eigenvalue weighted by Gasteiger charge is -2.03. The third-order valence-corrected chi connectivity index (χ3v) is 4.75. The Bertz CT molecular complexity index is 786. The molecule has 3 aromatic rings. The standard InChI is InChI=1S/C14H14ClN3S/c1-7-8(2)19-13(16)12(7)14-17-10-6-9(15)4-5-11(10)18(14)3/h4-6H,16H2,1-3H3. The molecule has 0 amide bonds. The van der Waals surface area contributed by atoms with Gasteiger partial charge in [0, 0.05) is 16.9 Å². The van der Waals surface area contributed by atoms with Gasteiger partial charge in [0.25, 0.3) is 0 Å². The summed E-state index contributed by atoms with van der Waals surface area (Å²) >= 11 is 7.63. The molecule has 98 valence electrons.